The summed E-state index contributed by atoms with van der Waals surface area (Å²) < 4.78 is 1.68. The second-order valence-electron chi connectivity index (χ2n) is 5.35. The first kappa shape index (κ1) is 14.6. The molecule has 1 heterocycles. The van der Waals surface area contributed by atoms with Crippen molar-refractivity contribution >= 4 is 0 Å². The van der Waals surface area contributed by atoms with Crippen molar-refractivity contribution in [2.75, 3.05) is 0 Å². The zero-order valence-corrected chi connectivity index (χ0v) is 12.7. The SMILES string of the molecule is CCCCc1nn(-c2cccc(C)c2)c(O)c1CCC. The van der Waals surface area contributed by atoms with Crippen molar-refractivity contribution in [3.05, 3.63) is 41.1 Å². The van der Waals surface area contributed by atoms with Gasteiger partial charge >= 0.3 is 0 Å². The number of unbranched alkanes of at least 4 members (excludes halogenated alkanes) is 1. The second kappa shape index (κ2) is 6.60. The molecule has 1 N–H and O–H groups in total. The third kappa shape index (κ3) is 3.03. The Labute approximate surface area is 121 Å². The van der Waals surface area contributed by atoms with Crippen LogP contribution >= 0.6 is 0 Å². The summed E-state index contributed by atoms with van der Waals surface area (Å²) in [4.78, 5) is 0. The molecule has 1 aromatic carbocycles. The summed E-state index contributed by atoms with van der Waals surface area (Å²) in [5.41, 5.74) is 4.17. The van der Waals surface area contributed by atoms with Crippen LogP contribution in [-0.4, -0.2) is 14.9 Å². The highest BCUT2D eigenvalue weighted by Crippen LogP contribution is 2.27. The average Bonchev–Trinajstić information content (AvgIpc) is 2.74. The van der Waals surface area contributed by atoms with Crippen LogP contribution in [0.15, 0.2) is 24.3 Å². The summed E-state index contributed by atoms with van der Waals surface area (Å²) in [5, 5.41) is 15.1. The first-order valence-corrected chi connectivity index (χ1v) is 7.54. The normalized spacial score (nSPS) is 10.9. The predicted molar refractivity (Wildman–Crippen MR) is 82.6 cm³/mol. The van der Waals surface area contributed by atoms with E-state index in [4.69, 9.17) is 0 Å². The van der Waals surface area contributed by atoms with E-state index < -0.39 is 0 Å². The van der Waals surface area contributed by atoms with E-state index in [-0.39, 0.29) is 0 Å². The van der Waals surface area contributed by atoms with Crippen LogP contribution < -0.4 is 0 Å². The zero-order valence-electron chi connectivity index (χ0n) is 12.7. The molecule has 0 fully saturated rings. The number of benzene rings is 1. The van der Waals surface area contributed by atoms with Gasteiger partial charge in [0.1, 0.15) is 0 Å². The molecule has 2 rings (SSSR count). The van der Waals surface area contributed by atoms with E-state index in [0.29, 0.717) is 5.88 Å². The standard InChI is InChI=1S/C17H24N2O/c1-4-6-11-16-15(8-5-2)17(20)19(18-16)14-10-7-9-13(3)12-14/h7,9-10,12,20H,4-6,8,11H2,1-3H3. The Bertz CT molecular complexity index is 572. The lowest BCUT2D eigenvalue weighted by molar-refractivity contribution is 0.427. The molecule has 0 aliphatic heterocycles. The van der Waals surface area contributed by atoms with Crippen LogP contribution in [0, 0.1) is 6.92 Å². The zero-order chi connectivity index (χ0) is 14.5. The lowest BCUT2D eigenvalue weighted by atomic mass is 10.1. The summed E-state index contributed by atoms with van der Waals surface area (Å²) in [6.45, 7) is 6.36. The predicted octanol–water partition coefficient (Wildman–Crippen LogP) is 4.18. The molecule has 1 aromatic heterocycles. The smallest absolute Gasteiger partial charge is 0.217 e. The second-order valence-corrected chi connectivity index (χ2v) is 5.35. The van der Waals surface area contributed by atoms with Gasteiger partial charge in [-0.25, -0.2) is 4.68 Å². The fourth-order valence-corrected chi connectivity index (χ4v) is 2.48. The molecule has 0 aliphatic carbocycles. The maximum Gasteiger partial charge on any atom is 0.217 e. The van der Waals surface area contributed by atoms with Crippen LogP contribution in [0.4, 0.5) is 0 Å². The minimum Gasteiger partial charge on any atom is -0.493 e. The molecule has 0 unspecified atom stereocenters. The van der Waals surface area contributed by atoms with Crippen molar-refractivity contribution in [1.82, 2.24) is 9.78 Å². The highest BCUT2D eigenvalue weighted by Gasteiger charge is 2.17. The highest BCUT2D eigenvalue weighted by atomic mass is 16.3. The average molecular weight is 272 g/mol. The number of hydrogen-bond acceptors (Lipinski definition) is 2. The van der Waals surface area contributed by atoms with Crippen LogP contribution in [0.25, 0.3) is 5.69 Å². The van der Waals surface area contributed by atoms with Crippen LogP contribution in [-0.2, 0) is 12.8 Å². The van der Waals surface area contributed by atoms with Crippen molar-refractivity contribution in [2.45, 2.75) is 52.9 Å². The van der Waals surface area contributed by atoms with E-state index in [2.05, 4.69) is 31.9 Å². The topological polar surface area (TPSA) is 38.0 Å². The lowest BCUT2D eigenvalue weighted by Gasteiger charge is -2.04. The molecule has 0 bridgehead atoms. The fourth-order valence-electron chi connectivity index (χ4n) is 2.48. The maximum atomic E-state index is 10.5. The number of hydrogen-bond donors (Lipinski definition) is 1. The Morgan fingerprint density at radius 1 is 1.15 bits per heavy atom. The van der Waals surface area contributed by atoms with Crippen LogP contribution in [0.2, 0.25) is 0 Å². The third-order valence-electron chi connectivity index (χ3n) is 3.55. The Morgan fingerprint density at radius 2 is 1.95 bits per heavy atom. The molecule has 0 aliphatic rings. The molecule has 2 aromatic rings. The van der Waals surface area contributed by atoms with Gasteiger partial charge in [-0.05, 0) is 43.9 Å². The van der Waals surface area contributed by atoms with Crippen molar-refractivity contribution in [1.29, 1.82) is 0 Å². The molecule has 3 nitrogen and oxygen atoms in total. The van der Waals surface area contributed by atoms with Gasteiger partial charge in [-0.3, -0.25) is 0 Å². The Morgan fingerprint density at radius 3 is 2.60 bits per heavy atom. The van der Waals surface area contributed by atoms with E-state index in [1.807, 2.05) is 18.2 Å². The summed E-state index contributed by atoms with van der Waals surface area (Å²) in [6, 6.07) is 8.08. The van der Waals surface area contributed by atoms with Crippen LogP contribution in [0.3, 0.4) is 0 Å². The van der Waals surface area contributed by atoms with Crippen molar-refractivity contribution in [3.63, 3.8) is 0 Å². The first-order chi connectivity index (χ1) is 9.67. The van der Waals surface area contributed by atoms with Crippen molar-refractivity contribution in [3.8, 4) is 11.6 Å². The van der Waals surface area contributed by atoms with Crippen LogP contribution in [0.1, 0.15) is 49.9 Å². The van der Waals surface area contributed by atoms with Gasteiger partial charge in [-0.15, -0.1) is 0 Å². The number of aromatic nitrogens is 2. The van der Waals surface area contributed by atoms with Gasteiger partial charge in [0.25, 0.3) is 0 Å². The molecule has 0 radical (unpaired) electrons. The third-order valence-corrected chi connectivity index (χ3v) is 3.55. The Kier molecular flexibility index (Phi) is 4.83. The number of nitrogens with zero attached hydrogens (tertiary/aromatic N) is 2. The van der Waals surface area contributed by atoms with Gasteiger partial charge in [0, 0.05) is 5.56 Å². The van der Waals surface area contributed by atoms with Gasteiger partial charge in [-0.2, -0.15) is 5.10 Å². The fraction of sp³-hybridized carbons (Fsp3) is 0.471. The summed E-state index contributed by atoms with van der Waals surface area (Å²) in [5.74, 6) is 0.309. The molecule has 0 spiro atoms. The molecule has 0 atom stereocenters. The number of aromatic hydroxyl groups is 1. The summed E-state index contributed by atoms with van der Waals surface area (Å²) in [7, 11) is 0. The lowest BCUT2D eigenvalue weighted by Crippen LogP contribution is -1.97. The number of aryl methyl sites for hydroxylation is 2. The van der Waals surface area contributed by atoms with Crippen molar-refractivity contribution < 1.29 is 5.11 Å². The molecular weight excluding hydrogens is 248 g/mol. The molecular formula is C17H24N2O. The Balaban J connectivity index is 2.43. The quantitative estimate of drug-likeness (QED) is 0.856. The molecule has 20 heavy (non-hydrogen) atoms. The van der Waals surface area contributed by atoms with Crippen LogP contribution in [0.5, 0.6) is 5.88 Å². The van der Waals surface area contributed by atoms with Gasteiger partial charge in [0.05, 0.1) is 11.4 Å². The van der Waals surface area contributed by atoms with E-state index in [1.54, 1.807) is 4.68 Å². The summed E-state index contributed by atoms with van der Waals surface area (Å²) in [6.07, 6.45) is 5.10. The monoisotopic (exact) mass is 272 g/mol. The maximum absolute atomic E-state index is 10.5. The molecule has 0 saturated carbocycles. The first-order valence-electron chi connectivity index (χ1n) is 7.54. The molecule has 108 valence electrons. The Hall–Kier alpha value is -1.77. The molecule has 0 saturated heterocycles. The highest BCUT2D eigenvalue weighted by molar-refractivity contribution is 5.42. The largest absolute Gasteiger partial charge is 0.493 e. The minimum atomic E-state index is 0.309. The molecule has 0 amide bonds. The number of rotatable bonds is 6. The van der Waals surface area contributed by atoms with Gasteiger partial charge in [0.2, 0.25) is 5.88 Å². The van der Waals surface area contributed by atoms with E-state index >= 15 is 0 Å². The van der Waals surface area contributed by atoms with Gasteiger partial charge < -0.3 is 5.11 Å². The van der Waals surface area contributed by atoms with Crippen molar-refractivity contribution in [2.24, 2.45) is 0 Å². The minimum absolute atomic E-state index is 0.309. The van der Waals surface area contributed by atoms with E-state index in [0.717, 1.165) is 49.0 Å². The molecule has 3 heteroatoms. The van der Waals surface area contributed by atoms with Gasteiger partial charge in [-0.1, -0.05) is 38.8 Å². The van der Waals surface area contributed by atoms with E-state index in [9.17, 15) is 5.11 Å². The van der Waals surface area contributed by atoms with Gasteiger partial charge in [0.15, 0.2) is 0 Å². The van der Waals surface area contributed by atoms with E-state index in [1.165, 1.54) is 5.56 Å². The summed E-state index contributed by atoms with van der Waals surface area (Å²) >= 11 is 0.